The first kappa shape index (κ1) is 7.26. The molecule has 4 nitrogen and oxygen atoms in total. The van der Waals surface area contributed by atoms with Crippen LogP contribution < -0.4 is 10.6 Å². The van der Waals surface area contributed by atoms with E-state index in [1.165, 1.54) is 0 Å². The lowest BCUT2D eigenvalue weighted by Crippen LogP contribution is -2.22. The molecule has 1 saturated heterocycles. The van der Waals surface area contributed by atoms with Crippen LogP contribution in [0.2, 0.25) is 0 Å². The van der Waals surface area contributed by atoms with Crippen LogP contribution in [-0.2, 0) is 0 Å². The molecule has 0 amide bonds. The van der Waals surface area contributed by atoms with Crippen LogP contribution in [0.15, 0.2) is 18.5 Å². The van der Waals surface area contributed by atoms with Crippen molar-refractivity contribution in [3.8, 4) is 0 Å². The maximum Gasteiger partial charge on any atom is 0.222 e. The molecular weight excluding hydrogens is 164 g/mol. The second-order valence-electron chi connectivity index (χ2n) is 3.73. The van der Waals surface area contributed by atoms with Crippen molar-refractivity contribution >= 4 is 5.95 Å². The van der Waals surface area contributed by atoms with Crippen molar-refractivity contribution in [2.75, 3.05) is 18.4 Å². The lowest BCUT2D eigenvalue weighted by atomic mass is 10.4. The van der Waals surface area contributed by atoms with Crippen LogP contribution in [0.25, 0.3) is 0 Å². The van der Waals surface area contributed by atoms with E-state index >= 15 is 0 Å². The number of hydrogen-bond donors (Lipinski definition) is 2. The van der Waals surface area contributed by atoms with Crippen LogP contribution in [0.4, 0.5) is 5.95 Å². The number of nitrogens with zero attached hydrogens (tertiary/aromatic N) is 2. The van der Waals surface area contributed by atoms with Gasteiger partial charge in [-0.2, -0.15) is 0 Å². The minimum absolute atomic E-state index is 0.614. The Balaban J connectivity index is 1.66. The van der Waals surface area contributed by atoms with Gasteiger partial charge in [0.15, 0.2) is 0 Å². The number of piperidine rings is 1. The summed E-state index contributed by atoms with van der Waals surface area (Å²) >= 11 is 0. The van der Waals surface area contributed by atoms with Crippen molar-refractivity contribution < 1.29 is 0 Å². The van der Waals surface area contributed by atoms with Gasteiger partial charge in [0.25, 0.3) is 0 Å². The van der Waals surface area contributed by atoms with Crippen molar-refractivity contribution in [1.82, 2.24) is 15.3 Å². The molecule has 4 heteroatoms. The highest BCUT2D eigenvalue weighted by Gasteiger charge is 2.53. The number of rotatable bonds is 2. The Hall–Kier alpha value is -1.16. The van der Waals surface area contributed by atoms with Gasteiger partial charge in [0.2, 0.25) is 5.95 Å². The van der Waals surface area contributed by atoms with Crippen LogP contribution in [-0.4, -0.2) is 29.1 Å². The van der Waals surface area contributed by atoms with Crippen LogP contribution in [0.5, 0.6) is 0 Å². The van der Waals surface area contributed by atoms with E-state index in [9.17, 15) is 0 Å². The Morgan fingerprint density at radius 2 is 1.92 bits per heavy atom. The molecule has 2 fully saturated rings. The average Bonchev–Trinajstić information content (AvgIpc) is 2.65. The zero-order valence-electron chi connectivity index (χ0n) is 7.27. The van der Waals surface area contributed by atoms with E-state index in [0.717, 1.165) is 30.9 Å². The third-order valence-corrected chi connectivity index (χ3v) is 2.95. The van der Waals surface area contributed by atoms with E-state index in [0.29, 0.717) is 6.04 Å². The molecule has 1 aliphatic heterocycles. The first-order valence-electron chi connectivity index (χ1n) is 4.69. The van der Waals surface area contributed by atoms with E-state index in [2.05, 4.69) is 20.6 Å². The Bertz CT molecular complexity index is 290. The van der Waals surface area contributed by atoms with Gasteiger partial charge >= 0.3 is 0 Å². The fourth-order valence-electron chi connectivity index (χ4n) is 2.16. The standard InChI is InChI=1S/C9H12N4/c1-2-11-9(12-3-1)13-8-6-4-10-5-7(6)8/h1-3,6-8,10H,4-5H2,(H,11,12,13)/t6-,7+,8?. The van der Waals surface area contributed by atoms with E-state index < -0.39 is 0 Å². The summed E-state index contributed by atoms with van der Waals surface area (Å²) in [5, 5.41) is 6.71. The van der Waals surface area contributed by atoms with E-state index in [1.807, 2.05) is 6.07 Å². The van der Waals surface area contributed by atoms with Crippen LogP contribution in [0, 0.1) is 11.8 Å². The molecule has 13 heavy (non-hydrogen) atoms. The van der Waals surface area contributed by atoms with Crippen molar-refractivity contribution in [3.05, 3.63) is 18.5 Å². The Morgan fingerprint density at radius 3 is 2.62 bits per heavy atom. The molecule has 1 aliphatic carbocycles. The molecule has 0 spiro atoms. The Labute approximate surface area is 76.8 Å². The van der Waals surface area contributed by atoms with Gasteiger partial charge in [-0.25, -0.2) is 9.97 Å². The highest BCUT2D eigenvalue weighted by atomic mass is 15.2. The van der Waals surface area contributed by atoms with Crippen LogP contribution in [0.3, 0.4) is 0 Å². The molecule has 2 N–H and O–H groups in total. The Morgan fingerprint density at radius 1 is 1.23 bits per heavy atom. The molecule has 3 atom stereocenters. The summed E-state index contributed by atoms with van der Waals surface area (Å²) in [6.45, 7) is 2.30. The predicted molar refractivity (Wildman–Crippen MR) is 49.3 cm³/mol. The van der Waals surface area contributed by atoms with E-state index in [1.54, 1.807) is 12.4 Å². The molecule has 1 saturated carbocycles. The van der Waals surface area contributed by atoms with Crippen molar-refractivity contribution in [2.24, 2.45) is 11.8 Å². The second kappa shape index (κ2) is 2.67. The lowest BCUT2D eigenvalue weighted by molar-refractivity contribution is 0.693. The third-order valence-electron chi connectivity index (χ3n) is 2.95. The fourth-order valence-corrected chi connectivity index (χ4v) is 2.16. The molecule has 2 heterocycles. The average molecular weight is 176 g/mol. The summed E-state index contributed by atoms with van der Waals surface area (Å²) in [4.78, 5) is 8.29. The molecule has 2 aliphatic rings. The van der Waals surface area contributed by atoms with Gasteiger partial charge in [0.1, 0.15) is 0 Å². The summed E-state index contributed by atoms with van der Waals surface area (Å²) in [5.74, 6) is 2.38. The molecule has 0 bridgehead atoms. The quantitative estimate of drug-likeness (QED) is 0.671. The molecule has 68 valence electrons. The molecule has 3 rings (SSSR count). The number of fused-ring (bicyclic) bond motifs is 1. The number of hydrogen-bond acceptors (Lipinski definition) is 4. The predicted octanol–water partition coefficient (Wildman–Crippen LogP) is 0.106. The molecular formula is C9H12N4. The molecule has 0 radical (unpaired) electrons. The number of aromatic nitrogens is 2. The van der Waals surface area contributed by atoms with Crippen molar-refractivity contribution in [1.29, 1.82) is 0 Å². The number of anilines is 1. The summed E-state index contributed by atoms with van der Waals surface area (Å²) < 4.78 is 0. The normalized spacial score (nSPS) is 35.5. The van der Waals surface area contributed by atoms with Gasteiger partial charge in [0.05, 0.1) is 0 Å². The smallest absolute Gasteiger partial charge is 0.222 e. The van der Waals surface area contributed by atoms with Gasteiger partial charge < -0.3 is 10.6 Å². The monoisotopic (exact) mass is 176 g/mol. The summed E-state index contributed by atoms with van der Waals surface area (Å²) in [7, 11) is 0. The minimum atomic E-state index is 0.614. The fraction of sp³-hybridized carbons (Fsp3) is 0.556. The van der Waals surface area contributed by atoms with Gasteiger partial charge in [-0.05, 0) is 17.9 Å². The number of nitrogens with one attached hydrogen (secondary N) is 2. The summed E-state index contributed by atoms with van der Waals surface area (Å²) in [6, 6.07) is 2.45. The van der Waals surface area contributed by atoms with Crippen LogP contribution >= 0.6 is 0 Å². The lowest BCUT2D eigenvalue weighted by Gasteiger charge is -2.05. The van der Waals surface area contributed by atoms with Gasteiger partial charge in [-0.3, -0.25) is 0 Å². The third kappa shape index (κ3) is 1.18. The largest absolute Gasteiger partial charge is 0.351 e. The van der Waals surface area contributed by atoms with E-state index in [-0.39, 0.29) is 0 Å². The van der Waals surface area contributed by atoms with Crippen molar-refractivity contribution in [3.63, 3.8) is 0 Å². The SMILES string of the molecule is c1cnc(NC2[C@H]3CNC[C@@H]23)nc1. The molecule has 0 aromatic carbocycles. The molecule has 1 unspecified atom stereocenters. The van der Waals surface area contributed by atoms with Gasteiger partial charge in [-0.15, -0.1) is 0 Å². The zero-order chi connectivity index (χ0) is 8.67. The first-order valence-corrected chi connectivity index (χ1v) is 4.69. The van der Waals surface area contributed by atoms with Gasteiger partial charge in [-0.1, -0.05) is 0 Å². The first-order chi connectivity index (χ1) is 6.45. The van der Waals surface area contributed by atoms with Crippen molar-refractivity contribution in [2.45, 2.75) is 6.04 Å². The molecule has 1 aromatic heterocycles. The zero-order valence-corrected chi connectivity index (χ0v) is 7.27. The maximum absolute atomic E-state index is 4.14. The summed E-state index contributed by atoms with van der Waals surface area (Å²) in [6.07, 6.45) is 3.54. The Kier molecular flexibility index (Phi) is 1.49. The minimum Gasteiger partial charge on any atom is -0.351 e. The summed E-state index contributed by atoms with van der Waals surface area (Å²) in [5.41, 5.74) is 0. The maximum atomic E-state index is 4.14. The highest BCUT2D eigenvalue weighted by Crippen LogP contribution is 2.43. The van der Waals surface area contributed by atoms with Crippen LogP contribution in [0.1, 0.15) is 0 Å². The second-order valence-corrected chi connectivity index (χ2v) is 3.73. The van der Waals surface area contributed by atoms with E-state index in [4.69, 9.17) is 0 Å². The van der Waals surface area contributed by atoms with Gasteiger partial charge in [0, 0.05) is 31.5 Å². The highest BCUT2D eigenvalue weighted by molar-refractivity contribution is 5.31. The molecule has 1 aromatic rings. The topological polar surface area (TPSA) is 49.8 Å².